The van der Waals surface area contributed by atoms with Crippen LogP contribution in [0.4, 0.5) is 5.69 Å². The van der Waals surface area contributed by atoms with E-state index in [1.54, 1.807) is 0 Å². The van der Waals surface area contributed by atoms with Crippen molar-refractivity contribution in [2.75, 3.05) is 39.6 Å². The number of aryl methyl sites for hydroxylation is 1. The quantitative estimate of drug-likeness (QED) is 0.598. The molecule has 0 saturated carbocycles. The maximum absolute atomic E-state index is 5.85. The molecule has 1 aromatic heterocycles. The highest BCUT2D eigenvalue weighted by Gasteiger charge is 2.10. The van der Waals surface area contributed by atoms with E-state index in [0.717, 1.165) is 55.1 Å². The Balaban J connectivity index is 2.07. The second-order valence-corrected chi connectivity index (χ2v) is 5.59. The molecule has 0 spiro atoms. The molecule has 2 N–H and O–H groups in total. The maximum Gasteiger partial charge on any atom is 0.109 e. The van der Waals surface area contributed by atoms with E-state index in [4.69, 9.17) is 15.5 Å². The first kappa shape index (κ1) is 15.8. The Hall–Kier alpha value is -1.59. The van der Waals surface area contributed by atoms with E-state index in [0.29, 0.717) is 6.61 Å². The monoisotopic (exact) mass is 290 g/mol. The van der Waals surface area contributed by atoms with Gasteiger partial charge in [-0.2, -0.15) is 0 Å². The molecule has 0 bridgehead atoms. The standard InChI is InChI=1S/C16H26N4O/c1-4-5-16-18-14-12-13(17)6-7-15(14)20(16)9-11-21-10-8-19(2)3/h6-7,12H,4-5,8-11,17H2,1-3H3. The number of nitrogens with two attached hydrogens (primary N) is 1. The Morgan fingerprint density at radius 3 is 2.81 bits per heavy atom. The zero-order chi connectivity index (χ0) is 15.2. The predicted octanol–water partition coefficient (Wildman–Crippen LogP) is 2.15. The van der Waals surface area contributed by atoms with Gasteiger partial charge in [0.2, 0.25) is 0 Å². The number of benzene rings is 1. The Labute approximate surface area is 126 Å². The summed E-state index contributed by atoms with van der Waals surface area (Å²) < 4.78 is 7.97. The molecule has 0 fully saturated rings. The summed E-state index contributed by atoms with van der Waals surface area (Å²) in [5.41, 5.74) is 8.73. The summed E-state index contributed by atoms with van der Waals surface area (Å²) in [6.07, 6.45) is 2.06. The summed E-state index contributed by atoms with van der Waals surface area (Å²) in [4.78, 5) is 6.83. The first-order chi connectivity index (χ1) is 10.1. The van der Waals surface area contributed by atoms with Crippen LogP contribution in [0.15, 0.2) is 18.2 Å². The van der Waals surface area contributed by atoms with Crippen LogP contribution in [0.5, 0.6) is 0 Å². The lowest BCUT2D eigenvalue weighted by molar-refractivity contribution is 0.111. The van der Waals surface area contributed by atoms with Gasteiger partial charge in [0.1, 0.15) is 5.82 Å². The molecule has 21 heavy (non-hydrogen) atoms. The third-order valence-electron chi connectivity index (χ3n) is 3.47. The molecule has 0 unspecified atom stereocenters. The number of aromatic nitrogens is 2. The number of likely N-dealkylation sites (N-methyl/N-ethyl adjacent to an activating group) is 1. The van der Waals surface area contributed by atoms with Crippen LogP contribution in [0.2, 0.25) is 0 Å². The lowest BCUT2D eigenvalue weighted by Crippen LogP contribution is -2.19. The van der Waals surface area contributed by atoms with Crippen molar-refractivity contribution in [2.45, 2.75) is 26.3 Å². The normalized spacial score (nSPS) is 11.6. The molecule has 0 aliphatic heterocycles. The van der Waals surface area contributed by atoms with Crippen molar-refractivity contribution in [1.82, 2.24) is 14.5 Å². The SMILES string of the molecule is CCCc1nc2cc(N)ccc2n1CCOCCN(C)C. The van der Waals surface area contributed by atoms with Crippen LogP contribution < -0.4 is 5.73 Å². The molecule has 2 rings (SSSR count). The molecule has 0 aliphatic carbocycles. The Bertz CT molecular complexity index is 577. The Kier molecular flexibility index (Phi) is 5.59. The van der Waals surface area contributed by atoms with Gasteiger partial charge in [-0.05, 0) is 38.7 Å². The third kappa shape index (κ3) is 4.19. The van der Waals surface area contributed by atoms with E-state index in [9.17, 15) is 0 Å². The van der Waals surface area contributed by atoms with E-state index >= 15 is 0 Å². The molecule has 2 aromatic rings. The minimum absolute atomic E-state index is 0.709. The van der Waals surface area contributed by atoms with Crippen LogP contribution in [0.3, 0.4) is 0 Å². The van der Waals surface area contributed by atoms with Crippen molar-refractivity contribution in [3.8, 4) is 0 Å². The van der Waals surface area contributed by atoms with Crippen molar-refractivity contribution in [3.63, 3.8) is 0 Å². The second kappa shape index (κ2) is 7.43. The summed E-state index contributed by atoms with van der Waals surface area (Å²) in [7, 11) is 4.10. The minimum Gasteiger partial charge on any atom is -0.399 e. The molecule has 5 heteroatoms. The maximum atomic E-state index is 5.85. The fourth-order valence-electron chi connectivity index (χ4n) is 2.37. The summed E-state index contributed by atoms with van der Waals surface area (Å²) >= 11 is 0. The van der Waals surface area contributed by atoms with Gasteiger partial charge in [0.15, 0.2) is 0 Å². The topological polar surface area (TPSA) is 56.3 Å². The van der Waals surface area contributed by atoms with Gasteiger partial charge >= 0.3 is 0 Å². The average molecular weight is 290 g/mol. The lowest BCUT2D eigenvalue weighted by atomic mass is 10.3. The third-order valence-corrected chi connectivity index (χ3v) is 3.47. The number of rotatable bonds is 8. The number of ether oxygens (including phenoxy) is 1. The number of fused-ring (bicyclic) bond motifs is 1. The average Bonchev–Trinajstić information content (AvgIpc) is 2.75. The van der Waals surface area contributed by atoms with E-state index in [2.05, 4.69) is 36.6 Å². The van der Waals surface area contributed by atoms with Crippen LogP contribution in [-0.4, -0.2) is 48.3 Å². The van der Waals surface area contributed by atoms with Crippen LogP contribution in [0.1, 0.15) is 19.2 Å². The van der Waals surface area contributed by atoms with E-state index in [1.807, 2.05) is 12.1 Å². The fraction of sp³-hybridized carbons (Fsp3) is 0.562. The van der Waals surface area contributed by atoms with Gasteiger partial charge in [-0.15, -0.1) is 0 Å². The molecule has 0 amide bonds. The molecular weight excluding hydrogens is 264 g/mol. The van der Waals surface area contributed by atoms with Gasteiger partial charge in [0.25, 0.3) is 0 Å². The van der Waals surface area contributed by atoms with Gasteiger partial charge in [-0.3, -0.25) is 0 Å². The van der Waals surface area contributed by atoms with E-state index in [1.165, 1.54) is 0 Å². The van der Waals surface area contributed by atoms with Gasteiger partial charge in [-0.25, -0.2) is 4.98 Å². The highest BCUT2D eigenvalue weighted by atomic mass is 16.5. The molecule has 1 aromatic carbocycles. The molecule has 5 nitrogen and oxygen atoms in total. The Morgan fingerprint density at radius 1 is 1.29 bits per heavy atom. The number of nitrogens with zero attached hydrogens (tertiary/aromatic N) is 3. The molecule has 0 saturated heterocycles. The van der Waals surface area contributed by atoms with Crippen LogP contribution in [0.25, 0.3) is 11.0 Å². The van der Waals surface area contributed by atoms with E-state index < -0.39 is 0 Å². The zero-order valence-electron chi connectivity index (χ0n) is 13.3. The van der Waals surface area contributed by atoms with Crippen LogP contribution in [0, 0.1) is 0 Å². The van der Waals surface area contributed by atoms with Crippen molar-refractivity contribution < 1.29 is 4.74 Å². The summed E-state index contributed by atoms with van der Waals surface area (Å²) in [5, 5.41) is 0. The highest BCUT2D eigenvalue weighted by Crippen LogP contribution is 2.20. The predicted molar refractivity (Wildman–Crippen MR) is 87.5 cm³/mol. The van der Waals surface area contributed by atoms with Gasteiger partial charge in [-0.1, -0.05) is 6.92 Å². The summed E-state index contributed by atoms with van der Waals surface area (Å²) in [6.45, 7) is 5.42. The largest absolute Gasteiger partial charge is 0.399 e. The molecular formula is C16H26N4O. The molecule has 0 radical (unpaired) electrons. The minimum atomic E-state index is 0.709. The number of nitrogen functional groups attached to an aromatic ring is 1. The molecule has 1 heterocycles. The molecule has 116 valence electrons. The van der Waals surface area contributed by atoms with Crippen molar-refractivity contribution in [2.24, 2.45) is 0 Å². The number of hydrogen-bond donors (Lipinski definition) is 1. The fourth-order valence-corrected chi connectivity index (χ4v) is 2.37. The molecule has 0 atom stereocenters. The zero-order valence-corrected chi connectivity index (χ0v) is 13.3. The van der Waals surface area contributed by atoms with Gasteiger partial charge in [0.05, 0.1) is 24.2 Å². The lowest BCUT2D eigenvalue weighted by Gasteiger charge is -2.12. The van der Waals surface area contributed by atoms with Crippen molar-refractivity contribution in [3.05, 3.63) is 24.0 Å². The summed E-state index contributed by atoms with van der Waals surface area (Å²) in [5.74, 6) is 1.12. The Morgan fingerprint density at radius 2 is 2.10 bits per heavy atom. The van der Waals surface area contributed by atoms with Crippen molar-refractivity contribution >= 4 is 16.7 Å². The van der Waals surface area contributed by atoms with E-state index in [-0.39, 0.29) is 0 Å². The van der Waals surface area contributed by atoms with Crippen LogP contribution >= 0.6 is 0 Å². The van der Waals surface area contributed by atoms with Crippen molar-refractivity contribution in [1.29, 1.82) is 0 Å². The van der Waals surface area contributed by atoms with Gasteiger partial charge in [0, 0.05) is 25.2 Å². The van der Waals surface area contributed by atoms with Gasteiger partial charge < -0.3 is 19.9 Å². The van der Waals surface area contributed by atoms with Crippen LogP contribution in [-0.2, 0) is 17.7 Å². The summed E-state index contributed by atoms with van der Waals surface area (Å²) in [6, 6.07) is 5.93. The molecule has 0 aliphatic rings. The number of imidazole rings is 1. The first-order valence-electron chi connectivity index (χ1n) is 7.59. The first-order valence-corrected chi connectivity index (χ1v) is 7.59. The highest BCUT2D eigenvalue weighted by molar-refractivity contribution is 5.79. The smallest absolute Gasteiger partial charge is 0.109 e. The second-order valence-electron chi connectivity index (χ2n) is 5.59. The number of hydrogen-bond acceptors (Lipinski definition) is 4. The number of anilines is 1.